The van der Waals surface area contributed by atoms with Crippen LogP contribution in [0.25, 0.3) is 33.4 Å². The summed E-state index contributed by atoms with van der Waals surface area (Å²) in [5.41, 5.74) is 21.5. The molecule has 0 aromatic heterocycles. The van der Waals surface area contributed by atoms with E-state index in [0.29, 0.717) is 11.8 Å². The van der Waals surface area contributed by atoms with E-state index in [0.717, 1.165) is 11.8 Å². The summed E-state index contributed by atoms with van der Waals surface area (Å²) in [5, 5.41) is 0. The minimum atomic E-state index is -0.104. The minimum absolute atomic E-state index is 0.0818. The Morgan fingerprint density at radius 1 is 0.431 bits per heavy atom. The van der Waals surface area contributed by atoms with Gasteiger partial charge in [-0.1, -0.05) is 145 Å². The first-order valence-electron chi connectivity index (χ1n) is 22.5. The Morgan fingerprint density at radius 3 is 1.67 bits per heavy atom. The van der Waals surface area contributed by atoms with Crippen LogP contribution in [0.3, 0.4) is 0 Å². The first kappa shape index (κ1) is 35.1. The molecule has 0 radical (unpaired) electrons. The zero-order chi connectivity index (χ0) is 39.3. The number of fused-ring (bicyclic) bond motifs is 7. The second-order valence-electron chi connectivity index (χ2n) is 21.2. The summed E-state index contributed by atoms with van der Waals surface area (Å²) in [6.45, 7) is 14.7. The number of anilines is 3. The van der Waals surface area contributed by atoms with Crippen molar-refractivity contribution in [1.29, 1.82) is 0 Å². The van der Waals surface area contributed by atoms with E-state index in [1.807, 2.05) is 0 Å². The standard InChI is InChI=1S/C57H57N/c1-54(2)26-27-55(3,4)51-34-41(21-24-48(51)54)58(40-20-22-44-43-16-10-12-18-46(43)56(5,6)50(44)33-40)53-42(37-14-8-7-9-15-37)23-25-49-52(53)45-17-11-13-19-47(45)57(49)38-29-35-28-36(31-38)32-39(57)30-35/h7-25,33-36,38-39H,26-32H2,1-6H3. The van der Waals surface area contributed by atoms with E-state index >= 15 is 0 Å². The van der Waals surface area contributed by atoms with Crippen molar-refractivity contribution in [2.75, 3.05) is 4.90 Å². The van der Waals surface area contributed by atoms with E-state index in [1.165, 1.54) is 118 Å². The Balaban J connectivity index is 1.19. The first-order chi connectivity index (χ1) is 28.0. The van der Waals surface area contributed by atoms with Crippen molar-refractivity contribution in [3.8, 4) is 33.4 Å². The molecule has 4 saturated carbocycles. The van der Waals surface area contributed by atoms with Crippen molar-refractivity contribution >= 4 is 17.1 Å². The van der Waals surface area contributed by atoms with Crippen LogP contribution in [0.2, 0.25) is 0 Å². The van der Waals surface area contributed by atoms with Crippen LogP contribution < -0.4 is 4.90 Å². The van der Waals surface area contributed by atoms with E-state index in [4.69, 9.17) is 0 Å². The quantitative estimate of drug-likeness (QED) is 0.173. The summed E-state index contributed by atoms with van der Waals surface area (Å²) in [5.74, 6) is 3.24. The molecule has 6 aromatic carbocycles. The lowest BCUT2D eigenvalue weighted by molar-refractivity contribution is -0.0399. The topological polar surface area (TPSA) is 3.24 Å². The zero-order valence-electron chi connectivity index (χ0n) is 35.3. The van der Waals surface area contributed by atoms with Crippen LogP contribution in [0.5, 0.6) is 0 Å². The molecule has 1 spiro atoms. The van der Waals surface area contributed by atoms with Crippen LogP contribution in [-0.4, -0.2) is 0 Å². The van der Waals surface area contributed by atoms with Crippen molar-refractivity contribution in [2.45, 2.75) is 108 Å². The van der Waals surface area contributed by atoms with Gasteiger partial charge in [0, 0.05) is 33.3 Å². The van der Waals surface area contributed by atoms with Gasteiger partial charge in [0.2, 0.25) is 0 Å². The van der Waals surface area contributed by atoms with Crippen LogP contribution in [0.4, 0.5) is 17.1 Å². The fourth-order valence-electron chi connectivity index (χ4n) is 14.3. The summed E-state index contributed by atoms with van der Waals surface area (Å²) < 4.78 is 0. The fraction of sp³-hybridized carbons (Fsp3) is 0.368. The minimum Gasteiger partial charge on any atom is -0.309 e. The van der Waals surface area contributed by atoms with Gasteiger partial charge < -0.3 is 4.90 Å². The predicted molar refractivity (Wildman–Crippen MR) is 243 cm³/mol. The van der Waals surface area contributed by atoms with Crippen LogP contribution in [-0.2, 0) is 21.7 Å². The van der Waals surface area contributed by atoms with Gasteiger partial charge in [-0.15, -0.1) is 0 Å². The highest BCUT2D eigenvalue weighted by Gasteiger charge is 2.62. The van der Waals surface area contributed by atoms with E-state index in [9.17, 15) is 0 Å². The molecule has 290 valence electrons. The third-order valence-corrected chi connectivity index (χ3v) is 16.9. The van der Waals surface area contributed by atoms with Crippen LogP contribution in [0, 0.1) is 23.7 Å². The van der Waals surface area contributed by atoms with Crippen molar-refractivity contribution in [1.82, 2.24) is 0 Å². The molecule has 0 saturated heterocycles. The van der Waals surface area contributed by atoms with Crippen LogP contribution >= 0.6 is 0 Å². The number of hydrogen-bond donors (Lipinski definition) is 0. The lowest BCUT2D eigenvalue weighted by Crippen LogP contribution is -2.55. The smallest absolute Gasteiger partial charge is 0.0621 e. The second kappa shape index (κ2) is 11.9. The molecular formula is C57H57N. The molecule has 0 atom stereocenters. The monoisotopic (exact) mass is 755 g/mol. The van der Waals surface area contributed by atoms with Crippen molar-refractivity contribution in [3.63, 3.8) is 0 Å². The first-order valence-corrected chi connectivity index (χ1v) is 22.5. The van der Waals surface area contributed by atoms with Gasteiger partial charge in [-0.2, -0.15) is 0 Å². The Bertz CT molecular complexity index is 2640. The number of benzene rings is 6. The molecule has 0 amide bonds. The molecule has 4 fully saturated rings. The molecule has 13 rings (SSSR count). The predicted octanol–water partition coefficient (Wildman–Crippen LogP) is 15.2. The van der Waals surface area contributed by atoms with Gasteiger partial charge in [0.25, 0.3) is 0 Å². The van der Waals surface area contributed by atoms with Gasteiger partial charge in [0.1, 0.15) is 0 Å². The molecule has 0 heterocycles. The van der Waals surface area contributed by atoms with Gasteiger partial charge in [0.05, 0.1) is 5.69 Å². The molecule has 58 heavy (non-hydrogen) atoms. The molecule has 6 aromatic rings. The zero-order valence-corrected chi connectivity index (χ0v) is 35.3. The molecule has 0 N–H and O–H groups in total. The molecule has 0 aliphatic heterocycles. The maximum Gasteiger partial charge on any atom is 0.0621 e. The van der Waals surface area contributed by atoms with Gasteiger partial charge >= 0.3 is 0 Å². The van der Waals surface area contributed by atoms with Crippen molar-refractivity contribution < 1.29 is 0 Å². The maximum atomic E-state index is 2.73. The van der Waals surface area contributed by atoms with Gasteiger partial charge in [-0.05, 0) is 159 Å². The van der Waals surface area contributed by atoms with E-state index in [2.05, 4.69) is 174 Å². The Morgan fingerprint density at radius 2 is 0.966 bits per heavy atom. The van der Waals surface area contributed by atoms with Gasteiger partial charge in [-0.25, -0.2) is 0 Å². The Hall–Kier alpha value is -4.88. The van der Waals surface area contributed by atoms with E-state index < -0.39 is 0 Å². The molecule has 1 nitrogen and oxygen atoms in total. The normalized spacial score (nSPS) is 26.8. The highest BCUT2D eigenvalue weighted by molar-refractivity contribution is 6.03. The largest absolute Gasteiger partial charge is 0.309 e. The molecule has 7 aliphatic rings. The number of nitrogens with zero attached hydrogens (tertiary/aromatic N) is 1. The second-order valence-corrected chi connectivity index (χ2v) is 21.2. The average Bonchev–Trinajstić information content (AvgIpc) is 3.65. The lowest BCUT2D eigenvalue weighted by Gasteiger charge is -2.61. The number of hydrogen-bond acceptors (Lipinski definition) is 1. The van der Waals surface area contributed by atoms with Crippen molar-refractivity contribution in [2.24, 2.45) is 23.7 Å². The van der Waals surface area contributed by atoms with Crippen LogP contribution in [0.1, 0.15) is 120 Å². The van der Waals surface area contributed by atoms with Crippen molar-refractivity contribution in [3.05, 3.63) is 161 Å². The third-order valence-electron chi connectivity index (χ3n) is 16.9. The van der Waals surface area contributed by atoms with E-state index in [1.54, 1.807) is 11.1 Å². The van der Waals surface area contributed by atoms with Gasteiger partial charge in [-0.3, -0.25) is 0 Å². The summed E-state index contributed by atoms with van der Waals surface area (Å²) in [6, 6.07) is 50.3. The van der Waals surface area contributed by atoms with Crippen LogP contribution in [0.15, 0.2) is 127 Å². The van der Waals surface area contributed by atoms with E-state index in [-0.39, 0.29) is 21.7 Å². The average molecular weight is 756 g/mol. The van der Waals surface area contributed by atoms with Gasteiger partial charge in [0.15, 0.2) is 0 Å². The fourth-order valence-corrected chi connectivity index (χ4v) is 14.3. The molecule has 1 heteroatoms. The highest BCUT2D eigenvalue weighted by atomic mass is 15.1. The Labute approximate surface area is 346 Å². The molecule has 4 bridgehead atoms. The SMILES string of the molecule is CC1(C)CCC(C)(C)c2cc(N(c3ccc4c(c3)C(C)(C)c3ccccc3-4)c3c(-c4ccccc4)ccc4c3-c3ccccc3C43C4CC5CC(C4)CC3C5)ccc21. The summed E-state index contributed by atoms with van der Waals surface area (Å²) in [4.78, 5) is 2.73. The maximum absolute atomic E-state index is 2.73. The summed E-state index contributed by atoms with van der Waals surface area (Å²) in [7, 11) is 0. The molecule has 0 unspecified atom stereocenters. The molecule has 7 aliphatic carbocycles. The summed E-state index contributed by atoms with van der Waals surface area (Å²) in [6.07, 6.45) is 9.41. The summed E-state index contributed by atoms with van der Waals surface area (Å²) >= 11 is 0. The Kier molecular flexibility index (Phi) is 7.18. The number of rotatable bonds is 4. The third kappa shape index (κ3) is 4.60. The highest BCUT2D eigenvalue weighted by Crippen LogP contribution is 2.71. The molecular weight excluding hydrogens is 699 g/mol. The lowest BCUT2D eigenvalue weighted by atomic mass is 9.43.